The molecule has 0 saturated carbocycles. The largest absolute Gasteiger partial charge is 0.394 e. The summed E-state index contributed by atoms with van der Waals surface area (Å²) in [6, 6.07) is 7.42. The second-order valence-corrected chi connectivity index (χ2v) is 5.75. The molecule has 0 aliphatic carbocycles. The monoisotopic (exact) mass is 320 g/mol. The van der Waals surface area contributed by atoms with Gasteiger partial charge in [-0.25, -0.2) is 0 Å². The number of aryl methyl sites for hydroxylation is 1. The Morgan fingerprint density at radius 3 is 2.91 bits per heavy atom. The van der Waals surface area contributed by atoms with Crippen LogP contribution in [0.2, 0.25) is 0 Å². The van der Waals surface area contributed by atoms with Gasteiger partial charge in [-0.15, -0.1) is 10.2 Å². The molecule has 1 N–H and O–H groups in total. The van der Waals surface area contributed by atoms with Crippen LogP contribution < -0.4 is 5.56 Å². The van der Waals surface area contributed by atoms with Crippen LogP contribution in [0.15, 0.2) is 34.2 Å². The summed E-state index contributed by atoms with van der Waals surface area (Å²) in [4.78, 5) is 12.3. The number of fused-ring (bicyclic) bond motifs is 3. The van der Waals surface area contributed by atoms with Crippen LogP contribution in [0.5, 0.6) is 0 Å². The Bertz CT molecular complexity index is 858. The fraction of sp³-hybridized carbons (Fsp3) is 0.357. The van der Waals surface area contributed by atoms with E-state index >= 15 is 0 Å². The van der Waals surface area contributed by atoms with Gasteiger partial charge in [-0.3, -0.25) is 13.8 Å². The maximum Gasteiger partial charge on any atom is 0.262 e. The maximum absolute atomic E-state index is 12.3. The molecule has 0 amide bonds. The van der Waals surface area contributed by atoms with E-state index in [1.165, 1.54) is 16.3 Å². The van der Waals surface area contributed by atoms with Crippen molar-refractivity contribution < 1.29 is 9.84 Å². The first kappa shape index (κ1) is 15.0. The van der Waals surface area contributed by atoms with Gasteiger partial charge in [0.05, 0.1) is 30.7 Å². The third kappa shape index (κ3) is 2.60. The van der Waals surface area contributed by atoms with E-state index in [1.807, 2.05) is 22.6 Å². The first-order valence-corrected chi connectivity index (χ1v) is 7.87. The highest BCUT2D eigenvalue weighted by Gasteiger charge is 2.14. The van der Waals surface area contributed by atoms with Crippen molar-refractivity contribution in [2.75, 3.05) is 25.6 Å². The average Bonchev–Trinajstić information content (AvgIpc) is 2.97. The fourth-order valence-corrected chi connectivity index (χ4v) is 3.05. The van der Waals surface area contributed by atoms with Gasteiger partial charge in [-0.2, -0.15) is 0 Å². The number of ether oxygens (including phenoxy) is 1. The van der Waals surface area contributed by atoms with Gasteiger partial charge in [0, 0.05) is 12.8 Å². The molecule has 2 heterocycles. The zero-order valence-corrected chi connectivity index (χ0v) is 12.9. The molecular weight excluding hydrogens is 304 g/mol. The number of aliphatic hydroxyl groups excluding tert-OH is 1. The highest BCUT2D eigenvalue weighted by Crippen LogP contribution is 2.20. The van der Waals surface area contributed by atoms with E-state index in [0.29, 0.717) is 30.1 Å². The van der Waals surface area contributed by atoms with Crippen molar-refractivity contribution in [3.05, 3.63) is 34.6 Å². The van der Waals surface area contributed by atoms with Crippen LogP contribution in [0.1, 0.15) is 0 Å². The Kier molecular flexibility index (Phi) is 4.41. The van der Waals surface area contributed by atoms with E-state index < -0.39 is 0 Å². The summed E-state index contributed by atoms with van der Waals surface area (Å²) >= 11 is 1.50. The van der Waals surface area contributed by atoms with Crippen molar-refractivity contribution in [3.8, 4) is 0 Å². The van der Waals surface area contributed by atoms with Gasteiger partial charge in [0.15, 0.2) is 5.16 Å². The topological polar surface area (TPSA) is 81.7 Å². The summed E-state index contributed by atoms with van der Waals surface area (Å²) in [6.45, 7) is 0.869. The molecule has 0 aliphatic rings. The van der Waals surface area contributed by atoms with Gasteiger partial charge in [0.2, 0.25) is 5.78 Å². The summed E-state index contributed by atoms with van der Waals surface area (Å²) in [5.41, 5.74) is 0.711. The first-order valence-electron chi connectivity index (χ1n) is 6.88. The predicted molar refractivity (Wildman–Crippen MR) is 84.4 cm³/mol. The van der Waals surface area contributed by atoms with Gasteiger partial charge in [0.25, 0.3) is 5.56 Å². The quantitative estimate of drug-likeness (QED) is 0.531. The molecule has 0 saturated heterocycles. The molecule has 2 aromatic heterocycles. The van der Waals surface area contributed by atoms with Crippen molar-refractivity contribution >= 4 is 28.4 Å². The van der Waals surface area contributed by atoms with Gasteiger partial charge in [0.1, 0.15) is 0 Å². The molecule has 1 aromatic carbocycles. The average molecular weight is 320 g/mol. The van der Waals surface area contributed by atoms with Gasteiger partial charge < -0.3 is 9.84 Å². The number of hydrogen-bond donors (Lipinski definition) is 1. The number of thioether (sulfide) groups is 1. The van der Waals surface area contributed by atoms with Crippen molar-refractivity contribution in [1.82, 2.24) is 19.2 Å². The molecule has 0 unspecified atom stereocenters. The van der Waals surface area contributed by atoms with Crippen LogP contribution in [-0.4, -0.2) is 49.8 Å². The van der Waals surface area contributed by atoms with Crippen molar-refractivity contribution in [1.29, 1.82) is 0 Å². The normalized spacial score (nSPS) is 11.5. The Labute approximate surface area is 130 Å². The van der Waals surface area contributed by atoms with E-state index in [0.717, 1.165) is 10.7 Å². The van der Waals surface area contributed by atoms with E-state index in [4.69, 9.17) is 9.84 Å². The Morgan fingerprint density at radius 1 is 1.27 bits per heavy atom. The molecule has 22 heavy (non-hydrogen) atoms. The third-order valence-corrected chi connectivity index (χ3v) is 4.18. The van der Waals surface area contributed by atoms with Crippen LogP contribution in [0, 0.1) is 0 Å². The minimum Gasteiger partial charge on any atom is -0.394 e. The lowest BCUT2D eigenvalue weighted by Gasteiger charge is -2.07. The standard InChI is InChI=1S/C14H16N4O3S/c1-17-12(20)10-4-2-3-5-11(10)18-13(17)15-16-14(18)22-9-8-21-7-6-19/h2-5,19H,6-9H2,1H3. The number of para-hydroxylation sites is 1. The number of aromatic nitrogens is 4. The molecule has 7 nitrogen and oxygen atoms in total. The third-order valence-electron chi connectivity index (χ3n) is 3.29. The Hall–Kier alpha value is -1.90. The fourth-order valence-electron chi connectivity index (χ4n) is 2.26. The number of aliphatic hydroxyl groups is 1. The lowest BCUT2D eigenvalue weighted by molar-refractivity contribution is 0.103. The summed E-state index contributed by atoms with van der Waals surface area (Å²) in [7, 11) is 1.69. The lowest BCUT2D eigenvalue weighted by Crippen LogP contribution is -2.20. The highest BCUT2D eigenvalue weighted by atomic mass is 32.2. The van der Waals surface area contributed by atoms with Crippen molar-refractivity contribution in [2.24, 2.45) is 7.05 Å². The zero-order chi connectivity index (χ0) is 15.5. The molecule has 0 bridgehead atoms. The Balaban J connectivity index is 2.00. The molecule has 0 radical (unpaired) electrons. The lowest BCUT2D eigenvalue weighted by atomic mass is 10.2. The minimum absolute atomic E-state index is 0.0191. The van der Waals surface area contributed by atoms with Gasteiger partial charge >= 0.3 is 0 Å². The smallest absolute Gasteiger partial charge is 0.262 e. The van der Waals surface area contributed by atoms with Crippen LogP contribution >= 0.6 is 11.8 Å². The summed E-state index contributed by atoms with van der Waals surface area (Å²) < 4.78 is 8.62. The molecule has 8 heteroatoms. The summed E-state index contributed by atoms with van der Waals surface area (Å²) in [5.74, 6) is 1.21. The molecular formula is C14H16N4O3S. The Morgan fingerprint density at radius 2 is 2.09 bits per heavy atom. The zero-order valence-electron chi connectivity index (χ0n) is 12.1. The molecule has 116 valence electrons. The predicted octanol–water partition coefficient (Wildman–Crippen LogP) is 0.682. The van der Waals surface area contributed by atoms with Gasteiger partial charge in [-0.1, -0.05) is 23.9 Å². The number of hydrogen-bond acceptors (Lipinski definition) is 6. The molecule has 0 spiro atoms. The SMILES string of the molecule is Cn1c(=O)c2ccccc2n2c(SCCOCCO)nnc12. The van der Waals surface area contributed by atoms with Crippen LogP contribution in [0.25, 0.3) is 16.7 Å². The highest BCUT2D eigenvalue weighted by molar-refractivity contribution is 7.99. The molecule has 0 atom stereocenters. The van der Waals surface area contributed by atoms with Crippen molar-refractivity contribution in [3.63, 3.8) is 0 Å². The minimum atomic E-state index is -0.0849. The number of rotatable bonds is 6. The van der Waals surface area contributed by atoms with Gasteiger partial charge in [-0.05, 0) is 12.1 Å². The van der Waals surface area contributed by atoms with Crippen LogP contribution in [0.3, 0.4) is 0 Å². The van der Waals surface area contributed by atoms with E-state index in [1.54, 1.807) is 13.1 Å². The van der Waals surface area contributed by atoms with E-state index in [2.05, 4.69) is 10.2 Å². The molecule has 0 fully saturated rings. The summed E-state index contributed by atoms with van der Waals surface area (Å²) in [5, 5.41) is 18.3. The maximum atomic E-state index is 12.3. The summed E-state index contributed by atoms with van der Waals surface area (Å²) in [6.07, 6.45) is 0. The number of nitrogens with zero attached hydrogens (tertiary/aromatic N) is 4. The second-order valence-electron chi connectivity index (χ2n) is 4.68. The molecule has 3 aromatic rings. The van der Waals surface area contributed by atoms with Crippen LogP contribution in [0.4, 0.5) is 0 Å². The molecule has 0 aliphatic heterocycles. The van der Waals surface area contributed by atoms with E-state index in [-0.39, 0.29) is 12.2 Å². The van der Waals surface area contributed by atoms with Crippen molar-refractivity contribution in [2.45, 2.75) is 5.16 Å². The first-order chi connectivity index (χ1) is 10.7. The second kappa shape index (κ2) is 6.47. The number of benzene rings is 1. The van der Waals surface area contributed by atoms with E-state index in [9.17, 15) is 4.79 Å². The molecule has 3 rings (SSSR count). The van der Waals surface area contributed by atoms with Crippen LogP contribution in [-0.2, 0) is 11.8 Å².